The zero-order valence-corrected chi connectivity index (χ0v) is 11.0. The van der Waals surface area contributed by atoms with Gasteiger partial charge in [0.05, 0.1) is 5.69 Å². The first-order valence-corrected chi connectivity index (χ1v) is 7.42. The molecule has 1 aromatic rings. The van der Waals surface area contributed by atoms with E-state index in [-0.39, 0.29) is 11.8 Å². The monoisotopic (exact) mass is 260 g/mol. The van der Waals surface area contributed by atoms with Crippen LogP contribution in [0.4, 0.5) is 0 Å². The van der Waals surface area contributed by atoms with Crippen molar-refractivity contribution in [3.63, 3.8) is 0 Å². The van der Waals surface area contributed by atoms with Gasteiger partial charge in [0.25, 0.3) is 0 Å². The van der Waals surface area contributed by atoms with E-state index >= 15 is 0 Å². The fraction of sp³-hybridized carbons (Fsp3) is 0.429. The maximum absolute atomic E-state index is 12.0. The number of nitrogens with zero attached hydrogens (tertiary/aromatic N) is 2. The Morgan fingerprint density at radius 3 is 3.00 bits per heavy atom. The lowest BCUT2D eigenvalue weighted by Crippen LogP contribution is -2.27. The topological polar surface area (TPSA) is 34.9 Å². The summed E-state index contributed by atoms with van der Waals surface area (Å²) in [4.78, 5) is 13.3. The summed E-state index contributed by atoms with van der Waals surface area (Å²) in [5.41, 5.74) is 0.857. The summed E-state index contributed by atoms with van der Waals surface area (Å²) >= 11 is 1.87. The summed E-state index contributed by atoms with van der Waals surface area (Å²) in [5.74, 6) is 1.53. The lowest BCUT2D eigenvalue weighted by molar-refractivity contribution is 0.0747. The van der Waals surface area contributed by atoms with Crippen molar-refractivity contribution in [2.45, 2.75) is 25.7 Å². The quantitative estimate of drug-likeness (QED) is 0.836. The fourth-order valence-electron chi connectivity index (χ4n) is 2.11. The first-order chi connectivity index (χ1) is 8.83. The second kappa shape index (κ2) is 5.14. The summed E-state index contributed by atoms with van der Waals surface area (Å²) < 4.78 is 1.50. The van der Waals surface area contributed by atoms with Crippen LogP contribution in [0.3, 0.4) is 0 Å². The molecule has 1 aliphatic heterocycles. The molecule has 0 bridgehead atoms. The molecule has 2 aliphatic rings. The van der Waals surface area contributed by atoms with Crippen LogP contribution in [-0.4, -0.2) is 21.4 Å². The maximum Gasteiger partial charge on any atom is 0.249 e. The van der Waals surface area contributed by atoms with Crippen molar-refractivity contribution in [3.8, 4) is 0 Å². The maximum atomic E-state index is 12.0. The van der Waals surface area contributed by atoms with Crippen LogP contribution < -0.4 is 0 Å². The summed E-state index contributed by atoms with van der Waals surface area (Å²) in [6.07, 6.45) is 12.4. The molecule has 94 valence electrons. The van der Waals surface area contributed by atoms with Crippen LogP contribution >= 0.6 is 11.8 Å². The van der Waals surface area contributed by atoms with Gasteiger partial charge in [-0.15, -0.1) is 11.8 Å². The molecule has 18 heavy (non-hydrogen) atoms. The number of hydrogen-bond donors (Lipinski definition) is 0. The van der Waals surface area contributed by atoms with Gasteiger partial charge in [0.2, 0.25) is 5.91 Å². The highest BCUT2D eigenvalue weighted by atomic mass is 32.2. The number of allylic oxidation sites excluding steroid dienone is 2. The average Bonchev–Trinajstić information content (AvgIpc) is 2.95. The van der Waals surface area contributed by atoms with E-state index in [0.29, 0.717) is 0 Å². The molecule has 0 radical (unpaired) electrons. The van der Waals surface area contributed by atoms with Crippen molar-refractivity contribution in [1.29, 1.82) is 0 Å². The van der Waals surface area contributed by atoms with Crippen LogP contribution in [-0.2, 0) is 0 Å². The summed E-state index contributed by atoms with van der Waals surface area (Å²) in [6.45, 7) is 0. The predicted molar refractivity (Wildman–Crippen MR) is 74.4 cm³/mol. The van der Waals surface area contributed by atoms with Gasteiger partial charge in [-0.05, 0) is 37.5 Å². The molecule has 0 saturated heterocycles. The third-order valence-corrected chi connectivity index (χ3v) is 4.52. The van der Waals surface area contributed by atoms with Gasteiger partial charge in [-0.3, -0.25) is 4.79 Å². The first-order valence-electron chi connectivity index (χ1n) is 6.44. The summed E-state index contributed by atoms with van der Waals surface area (Å²) in [7, 11) is 0. The zero-order valence-electron chi connectivity index (χ0n) is 10.2. The van der Waals surface area contributed by atoms with Crippen molar-refractivity contribution in [2.24, 2.45) is 5.92 Å². The van der Waals surface area contributed by atoms with E-state index < -0.39 is 0 Å². The van der Waals surface area contributed by atoms with Gasteiger partial charge in [0.1, 0.15) is 0 Å². The molecular weight excluding hydrogens is 244 g/mol. The Labute approximate surface area is 111 Å². The molecule has 1 fully saturated rings. The van der Waals surface area contributed by atoms with E-state index in [9.17, 15) is 4.79 Å². The van der Waals surface area contributed by atoms with Crippen molar-refractivity contribution in [1.82, 2.24) is 9.78 Å². The van der Waals surface area contributed by atoms with Crippen LogP contribution in [0.25, 0.3) is 6.08 Å². The van der Waals surface area contributed by atoms with Crippen LogP contribution in [0.2, 0.25) is 0 Å². The molecule has 2 heterocycles. The van der Waals surface area contributed by atoms with Gasteiger partial charge < -0.3 is 0 Å². The average molecular weight is 260 g/mol. The highest BCUT2D eigenvalue weighted by Crippen LogP contribution is 2.28. The number of aromatic nitrogens is 2. The van der Waals surface area contributed by atoms with E-state index in [2.05, 4.69) is 17.3 Å². The number of rotatable bonds is 3. The van der Waals surface area contributed by atoms with Crippen LogP contribution in [0.15, 0.2) is 29.3 Å². The molecule has 0 amide bonds. The Morgan fingerprint density at radius 2 is 2.33 bits per heavy atom. The molecule has 1 aliphatic carbocycles. The number of thioether (sulfide) groups is 1. The molecule has 0 unspecified atom stereocenters. The largest absolute Gasteiger partial charge is 0.272 e. The molecule has 0 atom stereocenters. The van der Waals surface area contributed by atoms with E-state index in [1.807, 2.05) is 23.9 Å². The van der Waals surface area contributed by atoms with Gasteiger partial charge in [0, 0.05) is 22.8 Å². The van der Waals surface area contributed by atoms with E-state index in [0.717, 1.165) is 25.0 Å². The van der Waals surface area contributed by atoms with Gasteiger partial charge >= 0.3 is 0 Å². The van der Waals surface area contributed by atoms with Gasteiger partial charge in [-0.1, -0.05) is 12.5 Å². The Bertz CT molecular complexity index is 512. The molecule has 3 rings (SSSR count). The first kappa shape index (κ1) is 11.8. The molecule has 0 N–H and O–H groups in total. The lowest BCUT2D eigenvalue weighted by atomic mass is 9.85. The highest BCUT2D eigenvalue weighted by Gasteiger charge is 2.26. The van der Waals surface area contributed by atoms with Crippen molar-refractivity contribution >= 4 is 23.7 Å². The molecule has 3 nitrogen and oxygen atoms in total. The number of carbonyl (C=O) groups excluding carboxylic acids is 1. The molecule has 0 spiro atoms. The molecule has 0 aromatic carbocycles. The number of carbonyl (C=O) groups is 1. The smallest absolute Gasteiger partial charge is 0.249 e. The van der Waals surface area contributed by atoms with Crippen LogP contribution in [0.1, 0.15) is 36.2 Å². The minimum Gasteiger partial charge on any atom is -0.272 e. The van der Waals surface area contributed by atoms with Gasteiger partial charge in [0.15, 0.2) is 0 Å². The molecule has 1 aromatic heterocycles. The SMILES string of the molecule is O=C(C1CCC1)n1ccc(/C=C/C2=CCCS2)n1. The van der Waals surface area contributed by atoms with Crippen LogP contribution in [0, 0.1) is 5.92 Å². The second-order valence-corrected chi connectivity index (χ2v) is 5.90. The Morgan fingerprint density at radius 1 is 1.44 bits per heavy atom. The molecule has 4 heteroatoms. The fourth-order valence-corrected chi connectivity index (χ4v) is 2.98. The Hall–Kier alpha value is -1.29. The normalized spacial score (nSPS) is 20.1. The zero-order chi connectivity index (χ0) is 12.4. The van der Waals surface area contributed by atoms with Crippen molar-refractivity contribution < 1.29 is 4.79 Å². The lowest BCUT2D eigenvalue weighted by Gasteiger charge is -2.22. The summed E-state index contributed by atoms with van der Waals surface area (Å²) in [5, 5.41) is 4.32. The van der Waals surface area contributed by atoms with Crippen molar-refractivity contribution in [3.05, 3.63) is 35.0 Å². The molecule has 1 saturated carbocycles. The Balaban J connectivity index is 1.67. The third kappa shape index (κ3) is 2.43. The van der Waals surface area contributed by atoms with E-state index in [1.165, 1.54) is 21.8 Å². The molecular formula is C14H16N2OS. The standard InChI is InChI=1S/C14H16N2OS/c17-14(11-3-1-4-11)16-9-8-12(15-16)6-7-13-5-2-10-18-13/h5-9,11H,1-4,10H2/b7-6+. The second-order valence-electron chi connectivity index (χ2n) is 4.73. The number of hydrogen-bond acceptors (Lipinski definition) is 3. The van der Waals surface area contributed by atoms with Gasteiger partial charge in [-0.25, -0.2) is 4.68 Å². The van der Waals surface area contributed by atoms with E-state index in [1.54, 1.807) is 6.20 Å². The van der Waals surface area contributed by atoms with Crippen LogP contribution in [0.5, 0.6) is 0 Å². The Kier molecular flexibility index (Phi) is 3.37. The summed E-state index contributed by atoms with van der Waals surface area (Å²) in [6, 6.07) is 1.90. The minimum atomic E-state index is 0.148. The van der Waals surface area contributed by atoms with E-state index in [4.69, 9.17) is 0 Å². The van der Waals surface area contributed by atoms with Crippen molar-refractivity contribution in [2.75, 3.05) is 5.75 Å². The predicted octanol–water partition coefficient (Wildman–Crippen LogP) is 3.36. The minimum absolute atomic E-state index is 0.148. The third-order valence-electron chi connectivity index (χ3n) is 3.44. The highest BCUT2D eigenvalue weighted by molar-refractivity contribution is 8.03. The van der Waals surface area contributed by atoms with Gasteiger partial charge in [-0.2, -0.15) is 5.10 Å².